The normalized spacial score (nSPS) is 11.8. The maximum Gasteiger partial charge on any atom is 0.0991 e. The van der Waals surface area contributed by atoms with E-state index in [-0.39, 0.29) is 4.83 Å². The van der Waals surface area contributed by atoms with Crippen molar-refractivity contribution in [3.8, 4) is 6.07 Å². The van der Waals surface area contributed by atoms with Gasteiger partial charge in [0.1, 0.15) is 0 Å². The smallest absolute Gasteiger partial charge is 0.0991 e. The van der Waals surface area contributed by atoms with Crippen LogP contribution in [0.5, 0.6) is 0 Å². The standard InChI is InChI=1S/C14H9BrClN/c15-14(11-4-6-13(16)7-5-11)12-3-1-2-10(8-12)9-17/h1-8,14H/t14-/m1/s1. The number of benzene rings is 2. The second-order valence-electron chi connectivity index (χ2n) is 3.65. The van der Waals surface area contributed by atoms with Crippen LogP contribution < -0.4 is 0 Å². The Hall–Kier alpha value is -1.30. The summed E-state index contributed by atoms with van der Waals surface area (Å²) >= 11 is 9.48. The van der Waals surface area contributed by atoms with Crippen molar-refractivity contribution in [2.24, 2.45) is 0 Å². The first-order valence-corrected chi connectivity index (χ1v) is 6.39. The number of hydrogen-bond donors (Lipinski definition) is 0. The van der Waals surface area contributed by atoms with Gasteiger partial charge in [0.05, 0.1) is 16.5 Å². The Labute approximate surface area is 114 Å². The highest BCUT2D eigenvalue weighted by Gasteiger charge is 2.10. The third-order valence-corrected chi connectivity index (χ3v) is 3.78. The zero-order valence-corrected chi connectivity index (χ0v) is 11.2. The van der Waals surface area contributed by atoms with Crippen molar-refractivity contribution in [2.75, 3.05) is 0 Å². The molecule has 2 aromatic carbocycles. The molecular formula is C14H9BrClN. The van der Waals surface area contributed by atoms with Crippen LogP contribution in [-0.2, 0) is 0 Å². The first-order chi connectivity index (χ1) is 8.20. The van der Waals surface area contributed by atoms with E-state index in [0.29, 0.717) is 5.56 Å². The lowest BCUT2D eigenvalue weighted by Gasteiger charge is -2.10. The van der Waals surface area contributed by atoms with Crippen molar-refractivity contribution in [3.63, 3.8) is 0 Å². The minimum Gasteiger partial charge on any atom is -0.192 e. The van der Waals surface area contributed by atoms with Crippen molar-refractivity contribution in [1.82, 2.24) is 0 Å². The molecule has 0 bridgehead atoms. The largest absolute Gasteiger partial charge is 0.192 e. The molecule has 0 amide bonds. The Morgan fingerprint density at radius 1 is 1.06 bits per heavy atom. The van der Waals surface area contributed by atoms with Crippen molar-refractivity contribution in [3.05, 3.63) is 70.2 Å². The predicted octanol–water partition coefficient (Wildman–Crippen LogP) is 4.70. The highest BCUT2D eigenvalue weighted by molar-refractivity contribution is 9.09. The second kappa shape index (κ2) is 5.35. The number of halogens is 2. The number of nitrogens with zero attached hydrogens (tertiary/aromatic N) is 1. The molecule has 0 saturated heterocycles. The fraction of sp³-hybridized carbons (Fsp3) is 0.0714. The molecule has 0 fully saturated rings. The lowest BCUT2D eigenvalue weighted by atomic mass is 10.0. The molecule has 1 atom stereocenters. The van der Waals surface area contributed by atoms with E-state index >= 15 is 0 Å². The maximum absolute atomic E-state index is 8.87. The SMILES string of the molecule is N#Cc1cccc([C@H](Br)c2ccc(Cl)cc2)c1. The van der Waals surface area contributed by atoms with Crippen LogP contribution in [0.2, 0.25) is 5.02 Å². The van der Waals surface area contributed by atoms with E-state index in [1.165, 1.54) is 0 Å². The predicted molar refractivity (Wildman–Crippen MR) is 73.4 cm³/mol. The first-order valence-electron chi connectivity index (χ1n) is 5.10. The zero-order chi connectivity index (χ0) is 12.3. The van der Waals surface area contributed by atoms with Gasteiger partial charge in [0, 0.05) is 5.02 Å². The minimum atomic E-state index is 0.0769. The fourth-order valence-electron chi connectivity index (χ4n) is 1.59. The van der Waals surface area contributed by atoms with Crippen molar-refractivity contribution in [1.29, 1.82) is 5.26 Å². The molecule has 0 aliphatic rings. The summed E-state index contributed by atoms with van der Waals surface area (Å²) in [6.07, 6.45) is 0. The molecule has 0 saturated carbocycles. The van der Waals surface area contributed by atoms with Gasteiger partial charge in [-0.15, -0.1) is 0 Å². The Bertz CT molecular complexity index is 557. The molecule has 17 heavy (non-hydrogen) atoms. The third kappa shape index (κ3) is 2.88. The molecule has 0 heterocycles. The van der Waals surface area contributed by atoms with Crippen LogP contribution in [0.3, 0.4) is 0 Å². The van der Waals surface area contributed by atoms with E-state index in [2.05, 4.69) is 22.0 Å². The number of alkyl halides is 1. The van der Waals surface area contributed by atoms with Gasteiger partial charge >= 0.3 is 0 Å². The average molecular weight is 307 g/mol. The summed E-state index contributed by atoms with van der Waals surface area (Å²) < 4.78 is 0. The van der Waals surface area contributed by atoms with Crippen LogP contribution in [0, 0.1) is 11.3 Å². The number of rotatable bonds is 2. The first kappa shape index (κ1) is 12.2. The Morgan fingerprint density at radius 2 is 1.76 bits per heavy atom. The van der Waals surface area contributed by atoms with E-state index in [1.807, 2.05) is 42.5 Å². The van der Waals surface area contributed by atoms with Crippen molar-refractivity contribution in [2.45, 2.75) is 4.83 Å². The monoisotopic (exact) mass is 305 g/mol. The van der Waals surface area contributed by atoms with Crippen LogP contribution >= 0.6 is 27.5 Å². The molecule has 0 aromatic heterocycles. The van der Waals surface area contributed by atoms with Gasteiger partial charge in [-0.25, -0.2) is 0 Å². The molecule has 2 aromatic rings. The quantitative estimate of drug-likeness (QED) is 0.738. The van der Waals surface area contributed by atoms with Crippen molar-refractivity contribution >= 4 is 27.5 Å². The van der Waals surface area contributed by atoms with E-state index in [4.69, 9.17) is 16.9 Å². The van der Waals surface area contributed by atoms with Gasteiger partial charge in [0.2, 0.25) is 0 Å². The average Bonchev–Trinajstić information content (AvgIpc) is 2.39. The molecule has 0 N–H and O–H groups in total. The van der Waals surface area contributed by atoms with Crippen LogP contribution in [0.1, 0.15) is 21.5 Å². The van der Waals surface area contributed by atoms with Gasteiger partial charge in [-0.1, -0.05) is 51.8 Å². The molecule has 2 rings (SSSR count). The summed E-state index contributed by atoms with van der Waals surface area (Å²) in [4.78, 5) is 0.0769. The molecule has 3 heteroatoms. The molecule has 0 radical (unpaired) electrons. The third-order valence-electron chi connectivity index (χ3n) is 2.47. The summed E-state index contributed by atoms with van der Waals surface area (Å²) in [6.45, 7) is 0. The van der Waals surface area contributed by atoms with Gasteiger partial charge in [-0.3, -0.25) is 0 Å². The highest BCUT2D eigenvalue weighted by Crippen LogP contribution is 2.31. The van der Waals surface area contributed by atoms with Crippen LogP contribution in [-0.4, -0.2) is 0 Å². The summed E-state index contributed by atoms with van der Waals surface area (Å²) in [6, 6.07) is 17.4. The molecule has 84 valence electrons. The molecule has 1 nitrogen and oxygen atoms in total. The molecule has 0 aliphatic carbocycles. The molecule has 0 aliphatic heterocycles. The molecule has 0 spiro atoms. The second-order valence-corrected chi connectivity index (χ2v) is 5.00. The van der Waals surface area contributed by atoms with Crippen LogP contribution in [0.4, 0.5) is 0 Å². The lowest BCUT2D eigenvalue weighted by Crippen LogP contribution is -1.92. The maximum atomic E-state index is 8.87. The van der Waals surface area contributed by atoms with Crippen molar-refractivity contribution < 1.29 is 0 Å². The number of hydrogen-bond acceptors (Lipinski definition) is 1. The van der Waals surface area contributed by atoms with E-state index < -0.39 is 0 Å². The van der Waals surface area contributed by atoms with Gasteiger partial charge < -0.3 is 0 Å². The topological polar surface area (TPSA) is 23.8 Å². The van der Waals surface area contributed by atoms with Crippen LogP contribution in [0.15, 0.2) is 48.5 Å². The van der Waals surface area contributed by atoms with E-state index in [1.54, 1.807) is 6.07 Å². The Kier molecular flexibility index (Phi) is 3.83. The van der Waals surface area contributed by atoms with Gasteiger partial charge in [-0.05, 0) is 35.4 Å². The summed E-state index contributed by atoms with van der Waals surface area (Å²) in [5.41, 5.74) is 2.84. The zero-order valence-electron chi connectivity index (χ0n) is 8.90. The minimum absolute atomic E-state index is 0.0769. The van der Waals surface area contributed by atoms with E-state index in [0.717, 1.165) is 16.1 Å². The molecule has 0 unspecified atom stereocenters. The Balaban J connectivity index is 2.33. The summed E-state index contributed by atoms with van der Waals surface area (Å²) in [5, 5.41) is 9.59. The van der Waals surface area contributed by atoms with E-state index in [9.17, 15) is 0 Å². The highest BCUT2D eigenvalue weighted by atomic mass is 79.9. The van der Waals surface area contributed by atoms with Gasteiger partial charge in [-0.2, -0.15) is 5.26 Å². The van der Waals surface area contributed by atoms with Crippen LogP contribution in [0.25, 0.3) is 0 Å². The molecular weight excluding hydrogens is 298 g/mol. The summed E-state index contributed by atoms with van der Waals surface area (Å²) in [7, 11) is 0. The Morgan fingerprint density at radius 3 is 2.41 bits per heavy atom. The van der Waals surface area contributed by atoms with Gasteiger partial charge in [0.25, 0.3) is 0 Å². The van der Waals surface area contributed by atoms with Gasteiger partial charge in [0.15, 0.2) is 0 Å². The lowest BCUT2D eigenvalue weighted by molar-refractivity contribution is 1.17. The summed E-state index contributed by atoms with van der Waals surface area (Å²) in [5.74, 6) is 0. The fourth-order valence-corrected chi connectivity index (χ4v) is 2.31. The number of nitriles is 1.